The van der Waals surface area contributed by atoms with E-state index in [0.29, 0.717) is 29.4 Å². The molecule has 0 saturated heterocycles. The largest absolute Gasteiger partial charge is 0.504 e. The normalized spacial score (nSPS) is 17.9. The summed E-state index contributed by atoms with van der Waals surface area (Å²) >= 11 is 0. The summed E-state index contributed by atoms with van der Waals surface area (Å²) < 4.78 is 38.9. The third-order valence-electron chi connectivity index (χ3n) is 6.40. The Kier molecular flexibility index (Phi) is 6.24. The van der Waals surface area contributed by atoms with Gasteiger partial charge in [-0.2, -0.15) is 0 Å². The highest BCUT2D eigenvalue weighted by atomic mass is 19.1. The van der Waals surface area contributed by atoms with Crippen LogP contribution in [0.3, 0.4) is 0 Å². The summed E-state index contributed by atoms with van der Waals surface area (Å²) in [5.74, 6) is -1.71. The summed E-state index contributed by atoms with van der Waals surface area (Å²) in [5, 5.41) is 16.0. The molecule has 1 saturated carbocycles. The van der Waals surface area contributed by atoms with Crippen molar-refractivity contribution in [1.29, 1.82) is 0 Å². The summed E-state index contributed by atoms with van der Waals surface area (Å²) in [5.41, 5.74) is -0.362. The zero-order chi connectivity index (χ0) is 26.2. The number of pyridine rings is 1. The van der Waals surface area contributed by atoms with Gasteiger partial charge in [0.1, 0.15) is 17.0 Å². The molecule has 2 aliphatic carbocycles. The second-order valence-electron chi connectivity index (χ2n) is 8.89. The minimum Gasteiger partial charge on any atom is -0.504 e. The van der Waals surface area contributed by atoms with Gasteiger partial charge in [-0.15, -0.1) is 0 Å². The first kappa shape index (κ1) is 24.2. The maximum Gasteiger partial charge on any atom is 0.240 e. The number of phenolic OH excluding ortho intramolecular Hbond substituents is 1. The van der Waals surface area contributed by atoms with Gasteiger partial charge in [-0.3, -0.25) is 14.6 Å². The lowest BCUT2D eigenvalue weighted by atomic mass is 10.0. The molecule has 0 aliphatic heterocycles. The molecule has 1 atom stereocenters. The molecule has 2 aromatic carbocycles. The van der Waals surface area contributed by atoms with E-state index in [1.165, 1.54) is 55.8 Å². The van der Waals surface area contributed by atoms with Gasteiger partial charge in [0.2, 0.25) is 11.8 Å². The molecular formula is C27H23F2N3O5. The number of amides is 2. The number of nitrogens with one attached hydrogen (secondary N) is 2. The van der Waals surface area contributed by atoms with Crippen LogP contribution in [0.2, 0.25) is 0 Å². The van der Waals surface area contributed by atoms with Crippen LogP contribution in [0.4, 0.5) is 14.5 Å². The molecule has 8 nitrogen and oxygen atoms in total. The van der Waals surface area contributed by atoms with E-state index >= 15 is 0 Å². The molecule has 0 bridgehead atoms. The lowest BCUT2D eigenvalue weighted by Crippen LogP contribution is -2.44. The van der Waals surface area contributed by atoms with Gasteiger partial charge >= 0.3 is 0 Å². The number of rotatable bonds is 7. The third-order valence-corrected chi connectivity index (χ3v) is 6.40. The zero-order valence-electron chi connectivity index (χ0n) is 19.8. The number of benzene rings is 2. The summed E-state index contributed by atoms with van der Waals surface area (Å²) in [6.07, 6.45) is 5.20. The van der Waals surface area contributed by atoms with Crippen LogP contribution >= 0.6 is 0 Å². The van der Waals surface area contributed by atoms with Crippen LogP contribution in [0.5, 0.6) is 17.2 Å². The molecule has 3 N–H and O–H groups in total. The van der Waals surface area contributed by atoms with Crippen LogP contribution in [-0.4, -0.2) is 35.1 Å². The highest BCUT2D eigenvalue weighted by Crippen LogP contribution is 2.47. The molecule has 3 aromatic rings. The summed E-state index contributed by atoms with van der Waals surface area (Å²) in [4.78, 5) is 29.9. The lowest BCUT2D eigenvalue weighted by Gasteiger charge is -2.22. The van der Waals surface area contributed by atoms with E-state index in [4.69, 9.17) is 9.47 Å². The Bertz CT molecular complexity index is 1450. The molecule has 2 aliphatic rings. The molecule has 5 rings (SSSR count). The highest BCUT2D eigenvalue weighted by Gasteiger charge is 2.56. The van der Waals surface area contributed by atoms with Crippen molar-refractivity contribution in [3.63, 3.8) is 0 Å². The van der Waals surface area contributed by atoms with E-state index in [9.17, 15) is 23.5 Å². The molecule has 37 heavy (non-hydrogen) atoms. The number of aromatic nitrogens is 1. The van der Waals surface area contributed by atoms with E-state index in [0.717, 1.165) is 0 Å². The van der Waals surface area contributed by atoms with Gasteiger partial charge in [-0.25, -0.2) is 8.78 Å². The first-order chi connectivity index (χ1) is 17.8. The Hall–Kier alpha value is -4.47. The molecule has 10 heteroatoms. The molecule has 0 radical (unpaired) electrons. The highest BCUT2D eigenvalue weighted by molar-refractivity contribution is 6.13. The number of aromatic hydroxyl groups is 1. The Morgan fingerprint density at radius 1 is 1.08 bits per heavy atom. The Morgan fingerprint density at radius 3 is 2.51 bits per heavy atom. The van der Waals surface area contributed by atoms with Crippen LogP contribution in [0.1, 0.15) is 19.3 Å². The topological polar surface area (TPSA) is 110 Å². The van der Waals surface area contributed by atoms with Gasteiger partial charge < -0.3 is 25.2 Å². The number of methoxy groups -OCH3 is 1. The second-order valence-corrected chi connectivity index (χ2v) is 8.89. The minimum absolute atomic E-state index is 0.0384. The van der Waals surface area contributed by atoms with Crippen LogP contribution in [-0.2, 0) is 9.59 Å². The fourth-order valence-corrected chi connectivity index (χ4v) is 4.13. The molecule has 1 unspecified atom stereocenters. The predicted octanol–water partition coefficient (Wildman–Crippen LogP) is 4.51. The van der Waals surface area contributed by atoms with Crippen LogP contribution in [0.15, 0.2) is 72.4 Å². The molecule has 0 spiro atoms. The average Bonchev–Trinajstić information content (AvgIpc) is 3.69. The lowest BCUT2D eigenvalue weighted by molar-refractivity contribution is -0.134. The van der Waals surface area contributed by atoms with E-state index in [2.05, 4.69) is 15.6 Å². The quantitative estimate of drug-likeness (QED) is 0.406. The SMILES string of the molecule is COc1cc2nccc(OC3=CCC(NC(=O)C4(C(=O)Nc5ccc(F)cc5)CC4)C=C3F)c2cc1O. The number of halogens is 2. The van der Waals surface area contributed by atoms with Gasteiger partial charge in [0.25, 0.3) is 0 Å². The van der Waals surface area contributed by atoms with E-state index in [-0.39, 0.29) is 29.4 Å². The van der Waals surface area contributed by atoms with Crippen molar-refractivity contribution in [3.8, 4) is 17.2 Å². The second kappa shape index (κ2) is 9.53. The van der Waals surface area contributed by atoms with Crippen molar-refractivity contribution < 1.29 is 33.0 Å². The molecule has 190 valence electrons. The number of nitrogens with zero attached hydrogens (tertiary/aromatic N) is 1. The van der Waals surface area contributed by atoms with Crippen LogP contribution in [0, 0.1) is 11.2 Å². The Balaban J connectivity index is 1.25. The summed E-state index contributed by atoms with van der Waals surface area (Å²) in [6.45, 7) is 0. The predicted molar refractivity (Wildman–Crippen MR) is 131 cm³/mol. The van der Waals surface area contributed by atoms with E-state index in [1.807, 2.05) is 0 Å². The first-order valence-electron chi connectivity index (χ1n) is 11.6. The first-order valence-corrected chi connectivity index (χ1v) is 11.6. The molecule has 1 aromatic heterocycles. The van der Waals surface area contributed by atoms with E-state index < -0.39 is 34.9 Å². The molecule has 1 fully saturated rings. The van der Waals surface area contributed by atoms with Crippen molar-refractivity contribution >= 4 is 28.4 Å². The Labute approximate surface area is 210 Å². The fraction of sp³-hybridized carbons (Fsp3) is 0.222. The van der Waals surface area contributed by atoms with Gasteiger partial charge in [0, 0.05) is 23.3 Å². The van der Waals surface area contributed by atoms with Crippen molar-refractivity contribution in [2.24, 2.45) is 5.41 Å². The van der Waals surface area contributed by atoms with Crippen LogP contribution < -0.4 is 20.1 Å². The van der Waals surface area contributed by atoms with Crippen molar-refractivity contribution in [2.75, 3.05) is 12.4 Å². The maximum absolute atomic E-state index is 14.9. The van der Waals surface area contributed by atoms with Crippen molar-refractivity contribution in [3.05, 3.63) is 78.2 Å². The maximum atomic E-state index is 14.9. The zero-order valence-corrected chi connectivity index (χ0v) is 19.8. The molecular weight excluding hydrogens is 484 g/mol. The number of allylic oxidation sites excluding steroid dienone is 1. The van der Waals surface area contributed by atoms with Crippen LogP contribution in [0.25, 0.3) is 10.9 Å². The van der Waals surface area contributed by atoms with E-state index in [1.54, 1.807) is 12.1 Å². The number of hydrogen-bond donors (Lipinski definition) is 3. The average molecular weight is 507 g/mol. The van der Waals surface area contributed by atoms with Crippen molar-refractivity contribution in [2.45, 2.75) is 25.3 Å². The Morgan fingerprint density at radius 2 is 1.84 bits per heavy atom. The number of ether oxygens (including phenoxy) is 2. The number of carbonyl (C=O) groups is 2. The third kappa shape index (κ3) is 4.82. The number of phenols is 1. The minimum atomic E-state index is -1.24. The fourth-order valence-electron chi connectivity index (χ4n) is 4.13. The number of anilines is 1. The van der Waals surface area contributed by atoms with Gasteiger partial charge in [0.15, 0.2) is 23.1 Å². The molecule has 2 amide bonds. The number of hydrogen-bond acceptors (Lipinski definition) is 6. The summed E-state index contributed by atoms with van der Waals surface area (Å²) in [6, 6.07) is 9.11. The number of carbonyl (C=O) groups excluding carboxylic acids is 2. The van der Waals surface area contributed by atoms with Gasteiger partial charge in [0.05, 0.1) is 18.7 Å². The van der Waals surface area contributed by atoms with Crippen molar-refractivity contribution in [1.82, 2.24) is 10.3 Å². The standard InChI is InChI=1S/C27H23F2N3O5/c1-36-24-14-20-18(13-21(24)33)22(8-11-30-20)37-23-7-6-17(12-19(23)29)32-26(35)27(9-10-27)25(34)31-16-4-2-15(28)3-5-16/h2-5,7-8,11-14,17,33H,6,9-10H2,1H3,(H,31,34)(H,32,35). The smallest absolute Gasteiger partial charge is 0.240 e. The number of fused-ring (bicyclic) bond motifs is 1. The monoisotopic (exact) mass is 507 g/mol. The van der Waals surface area contributed by atoms with Gasteiger partial charge in [-0.1, -0.05) is 0 Å². The molecule has 1 heterocycles. The van der Waals surface area contributed by atoms with Gasteiger partial charge in [-0.05, 0) is 67.8 Å². The summed E-state index contributed by atoms with van der Waals surface area (Å²) in [7, 11) is 1.42.